The molecular formula is C25H30Cl2N2O4. The second kappa shape index (κ2) is 11.6. The van der Waals surface area contributed by atoms with E-state index in [0.717, 1.165) is 11.1 Å². The SMILES string of the molecule is CC(C)CNC(=O)[C@@H](C)N(Cc1ccc(Cl)cc1Cl)C(=O)CCc1ccc2c(c1)OCCO2. The van der Waals surface area contributed by atoms with E-state index in [1.165, 1.54) is 0 Å². The molecule has 0 unspecified atom stereocenters. The maximum Gasteiger partial charge on any atom is 0.242 e. The van der Waals surface area contributed by atoms with E-state index < -0.39 is 6.04 Å². The molecule has 1 aliphatic heterocycles. The summed E-state index contributed by atoms with van der Waals surface area (Å²) in [6.45, 7) is 7.58. The molecule has 0 fully saturated rings. The van der Waals surface area contributed by atoms with Crippen LogP contribution >= 0.6 is 23.2 Å². The molecule has 2 aromatic rings. The van der Waals surface area contributed by atoms with Gasteiger partial charge in [-0.15, -0.1) is 0 Å². The Kier molecular flexibility index (Phi) is 8.87. The van der Waals surface area contributed by atoms with Gasteiger partial charge < -0.3 is 19.7 Å². The van der Waals surface area contributed by atoms with E-state index in [-0.39, 0.29) is 24.8 Å². The Morgan fingerprint density at radius 2 is 1.76 bits per heavy atom. The number of halogens is 2. The third-order valence-corrected chi connectivity index (χ3v) is 6.03. The average molecular weight is 493 g/mol. The number of rotatable bonds is 9. The van der Waals surface area contributed by atoms with Crippen LogP contribution in [0.3, 0.4) is 0 Å². The van der Waals surface area contributed by atoms with Crippen LogP contribution in [0.5, 0.6) is 11.5 Å². The minimum atomic E-state index is -0.650. The second-order valence-corrected chi connectivity index (χ2v) is 9.39. The number of ether oxygens (including phenoxy) is 2. The van der Waals surface area contributed by atoms with Gasteiger partial charge in [-0.2, -0.15) is 0 Å². The fourth-order valence-electron chi connectivity index (χ4n) is 3.51. The van der Waals surface area contributed by atoms with Gasteiger partial charge in [-0.05, 0) is 54.7 Å². The van der Waals surface area contributed by atoms with E-state index in [1.54, 1.807) is 30.0 Å². The summed E-state index contributed by atoms with van der Waals surface area (Å²) in [6.07, 6.45) is 0.757. The zero-order chi connectivity index (χ0) is 24.0. The van der Waals surface area contributed by atoms with Gasteiger partial charge in [-0.1, -0.05) is 49.2 Å². The van der Waals surface area contributed by atoms with Gasteiger partial charge in [-0.25, -0.2) is 0 Å². The van der Waals surface area contributed by atoms with Crippen molar-refractivity contribution in [2.75, 3.05) is 19.8 Å². The summed E-state index contributed by atoms with van der Waals surface area (Å²) in [4.78, 5) is 27.6. The first-order valence-electron chi connectivity index (χ1n) is 11.1. The number of hydrogen-bond donors (Lipinski definition) is 1. The van der Waals surface area contributed by atoms with Crippen LogP contribution in [-0.4, -0.2) is 42.5 Å². The molecule has 2 amide bonds. The molecule has 0 saturated carbocycles. The van der Waals surface area contributed by atoms with Gasteiger partial charge in [0.15, 0.2) is 11.5 Å². The molecule has 33 heavy (non-hydrogen) atoms. The largest absolute Gasteiger partial charge is 0.486 e. The van der Waals surface area contributed by atoms with Gasteiger partial charge in [-0.3, -0.25) is 9.59 Å². The minimum Gasteiger partial charge on any atom is -0.486 e. The first-order chi connectivity index (χ1) is 15.7. The average Bonchev–Trinajstić information content (AvgIpc) is 2.80. The number of carbonyl (C=O) groups is 2. The summed E-state index contributed by atoms with van der Waals surface area (Å²) in [6, 6.07) is 10.2. The zero-order valence-corrected chi connectivity index (χ0v) is 20.7. The molecular weight excluding hydrogens is 463 g/mol. The van der Waals surface area contributed by atoms with Crippen LogP contribution in [0, 0.1) is 5.92 Å². The molecule has 8 heteroatoms. The molecule has 1 heterocycles. The third-order valence-electron chi connectivity index (χ3n) is 5.44. The summed E-state index contributed by atoms with van der Waals surface area (Å²) in [7, 11) is 0. The highest BCUT2D eigenvalue weighted by Gasteiger charge is 2.26. The molecule has 0 aromatic heterocycles. The minimum absolute atomic E-state index is 0.136. The van der Waals surface area contributed by atoms with E-state index in [2.05, 4.69) is 5.32 Å². The van der Waals surface area contributed by atoms with E-state index in [9.17, 15) is 9.59 Å². The maximum absolute atomic E-state index is 13.3. The first kappa shape index (κ1) is 25.2. The van der Waals surface area contributed by atoms with Crippen LogP contribution < -0.4 is 14.8 Å². The lowest BCUT2D eigenvalue weighted by Crippen LogP contribution is -2.48. The Balaban J connectivity index is 1.73. The molecule has 0 aliphatic carbocycles. The number of carbonyl (C=O) groups excluding carboxylic acids is 2. The number of amides is 2. The van der Waals surface area contributed by atoms with Crippen molar-refractivity contribution < 1.29 is 19.1 Å². The van der Waals surface area contributed by atoms with Gasteiger partial charge in [0, 0.05) is 29.6 Å². The fourth-order valence-corrected chi connectivity index (χ4v) is 3.97. The lowest BCUT2D eigenvalue weighted by Gasteiger charge is -2.29. The summed E-state index contributed by atoms with van der Waals surface area (Å²) >= 11 is 12.4. The molecule has 0 radical (unpaired) electrons. The standard InChI is InChI=1S/C25H30Cl2N2O4/c1-16(2)14-28-25(31)17(3)29(15-19-6-7-20(26)13-21(19)27)24(30)9-5-18-4-8-22-23(12-18)33-11-10-32-22/h4,6-8,12-13,16-17H,5,9-11,14-15H2,1-3H3,(H,28,31)/t17-/m1/s1. The molecule has 178 valence electrons. The Hall–Kier alpha value is -2.44. The number of hydrogen-bond acceptors (Lipinski definition) is 4. The Bertz CT molecular complexity index is 996. The van der Waals surface area contributed by atoms with E-state index in [4.69, 9.17) is 32.7 Å². The fraction of sp³-hybridized carbons (Fsp3) is 0.440. The molecule has 1 N–H and O–H groups in total. The molecule has 1 atom stereocenters. The number of nitrogens with one attached hydrogen (secondary N) is 1. The smallest absolute Gasteiger partial charge is 0.242 e. The highest BCUT2D eigenvalue weighted by atomic mass is 35.5. The van der Waals surface area contributed by atoms with Crippen molar-refractivity contribution in [1.29, 1.82) is 0 Å². The number of nitrogens with zero attached hydrogens (tertiary/aromatic N) is 1. The van der Waals surface area contributed by atoms with Crippen molar-refractivity contribution in [3.63, 3.8) is 0 Å². The van der Waals surface area contributed by atoms with Crippen LogP contribution in [-0.2, 0) is 22.6 Å². The van der Waals surface area contributed by atoms with Gasteiger partial charge >= 0.3 is 0 Å². The Morgan fingerprint density at radius 3 is 2.45 bits per heavy atom. The van der Waals surface area contributed by atoms with Gasteiger partial charge in [0.2, 0.25) is 11.8 Å². The number of aryl methyl sites for hydroxylation is 1. The van der Waals surface area contributed by atoms with Crippen LogP contribution in [0.4, 0.5) is 0 Å². The molecule has 2 aromatic carbocycles. The summed E-state index contributed by atoms with van der Waals surface area (Å²) in [5.41, 5.74) is 1.70. The quantitative estimate of drug-likeness (QED) is 0.541. The molecule has 1 aliphatic rings. The van der Waals surface area contributed by atoms with Crippen molar-refractivity contribution in [3.05, 3.63) is 57.6 Å². The second-order valence-electron chi connectivity index (χ2n) is 8.55. The van der Waals surface area contributed by atoms with E-state index >= 15 is 0 Å². The lowest BCUT2D eigenvalue weighted by molar-refractivity contribution is -0.140. The normalized spacial score (nSPS) is 13.5. The monoisotopic (exact) mass is 492 g/mol. The highest BCUT2D eigenvalue weighted by molar-refractivity contribution is 6.35. The van der Waals surface area contributed by atoms with Crippen molar-refractivity contribution in [3.8, 4) is 11.5 Å². The van der Waals surface area contributed by atoms with E-state index in [0.29, 0.717) is 53.6 Å². The summed E-state index contributed by atoms with van der Waals surface area (Å²) in [5.74, 6) is 1.39. The molecule has 6 nitrogen and oxygen atoms in total. The predicted molar refractivity (Wildman–Crippen MR) is 130 cm³/mol. The van der Waals surface area contributed by atoms with Gasteiger partial charge in [0.1, 0.15) is 19.3 Å². The topological polar surface area (TPSA) is 67.9 Å². The maximum atomic E-state index is 13.3. The lowest BCUT2D eigenvalue weighted by atomic mass is 10.1. The van der Waals surface area contributed by atoms with Crippen molar-refractivity contribution >= 4 is 35.0 Å². The van der Waals surface area contributed by atoms with Crippen molar-refractivity contribution in [1.82, 2.24) is 10.2 Å². The Labute approximate surface area is 205 Å². The number of fused-ring (bicyclic) bond motifs is 1. The summed E-state index contributed by atoms with van der Waals surface area (Å²) in [5, 5.41) is 3.89. The van der Waals surface area contributed by atoms with Crippen LogP contribution in [0.2, 0.25) is 10.0 Å². The summed E-state index contributed by atoms with van der Waals surface area (Å²) < 4.78 is 11.2. The Morgan fingerprint density at radius 1 is 1.03 bits per heavy atom. The van der Waals surface area contributed by atoms with Crippen molar-refractivity contribution in [2.45, 2.75) is 46.2 Å². The van der Waals surface area contributed by atoms with Crippen LogP contribution in [0.25, 0.3) is 0 Å². The highest BCUT2D eigenvalue weighted by Crippen LogP contribution is 2.31. The van der Waals surface area contributed by atoms with E-state index in [1.807, 2.05) is 32.0 Å². The number of benzene rings is 2. The zero-order valence-electron chi connectivity index (χ0n) is 19.2. The third kappa shape index (κ3) is 7.02. The molecule has 0 spiro atoms. The van der Waals surface area contributed by atoms with Gasteiger partial charge in [0.05, 0.1) is 0 Å². The van der Waals surface area contributed by atoms with Crippen molar-refractivity contribution in [2.24, 2.45) is 5.92 Å². The van der Waals surface area contributed by atoms with Crippen LogP contribution in [0.1, 0.15) is 38.3 Å². The molecule has 3 rings (SSSR count). The predicted octanol–water partition coefficient (Wildman–Crippen LogP) is 4.89. The van der Waals surface area contributed by atoms with Crippen LogP contribution in [0.15, 0.2) is 36.4 Å². The first-order valence-corrected chi connectivity index (χ1v) is 11.9. The molecule has 0 saturated heterocycles. The molecule has 0 bridgehead atoms. The van der Waals surface area contributed by atoms with Gasteiger partial charge in [0.25, 0.3) is 0 Å².